The van der Waals surface area contributed by atoms with Crippen LogP contribution >= 0.6 is 0 Å². The molecule has 3 heteroatoms. The van der Waals surface area contributed by atoms with Gasteiger partial charge in [-0.05, 0) is 31.6 Å². The summed E-state index contributed by atoms with van der Waals surface area (Å²) >= 11 is 0. The summed E-state index contributed by atoms with van der Waals surface area (Å²) in [6.45, 7) is 6.88. The third kappa shape index (κ3) is 4.41. The summed E-state index contributed by atoms with van der Waals surface area (Å²) in [7, 11) is 4.22. The Balaban J connectivity index is 1.78. The van der Waals surface area contributed by atoms with E-state index < -0.39 is 0 Å². The Morgan fingerprint density at radius 3 is 2.28 bits per heavy atom. The smallest absolute Gasteiger partial charge is 0.0227 e. The third-order valence-electron chi connectivity index (χ3n) is 3.45. The van der Waals surface area contributed by atoms with Crippen LogP contribution in [0.4, 0.5) is 0 Å². The van der Waals surface area contributed by atoms with Gasteiger partial charge in [-0.1, -0.05) is 24.3 Å². The first-order chi connectivity index (χ1) is 8.74. The second kappa shape index (κ2) is 6.88. The van der Waals surface area contributed by atoms with Crippen LogP contribution in [0.3, 0.4) is 0 Å². The Kier molecular flexibility index (Phi) is 5.17. The molecule has 0 saturated carbocycles. The second-order valence-corrected chi connectivity index (χ2v) is 5.40. The van der Waals surface area contributed by atoms with Crippen molar-refractivity contribution in [1.29, 1.82) is 0 Å². The lowest BCUT2D eigenvalue weighted by atomic mass is 10.1. The molecule has 0 amide bonds. The number of hydrogen-bond acceptors (Lipinski definition) is 3. The lowest BCUT2D eigenvalue weighted by Crippen LogP contribution is -2.44. The number of hydrogen-bond donors (Lipinski definition) is 1. The van der Waals surface area contributed by atoms with E-state index in [2.05, 4.69) is 53.5 Å². The summed E-state index contributed by atoms with van der Waals surface area (Å²) in [6.07, 6.45) is 1.17. The van der Waals surface area contributed by atoms with Crippen molar-refractivity contribution in [2.45, 2.75) is 13.0 Å². The van der Waals surface area contributed by atoms with Crippen molar-refractivity contribution < 1.29 is 0 Å². The van der Waals surface area contributed by atoms with Gasteiger partial charge in [0.25, 0.3) is 0 Å². The first-order valence-electron chi connectivity index (χ1n) is 6.89. The van der Waals surface area contributed by atoms with Crippen LogP contribution in [0.2, 0.25) is 0 Å². The number of piperazine rings is 1. The zero-order valence-corrected chi connectivity index (χ0v) is 11.7. The highest BCUT2D eigenvalue weighted by atomic mass is 15.2. The highest BCUT2D eigenvalue weighted by molar-refractivity contribution is 5.22. The molecular weight excluding hydrogens is 222 g/mol. The van der Waals surface area contributed by atoms with Crippen LogP contribution in [0.15, 0.2) is 24.3 Å². The minimum atomic E-state index is 1.03. The first kappa shape index (κ1) is 13.5. The molecule has 3 nitrogen and oxygen atoms in total. The van der Waals surface area contributed by atoms with E-state index in [-0.39, 0.29) is 0 Å². The summed E-state index contributed by atoms with van der Waals surface area (Å²) in [6, 6.07) is 9.07. The van der Waals surface area contributed by atoms with Gasteiger partial charge in [-0.3, -0.25) is 0 Å². The van der Waals surface area contributed by atoms with Crippen molar-refractivity contribution in [2.24, 2.45) is 0 Å². The number of benzene rings is 1. The summed E-state index contributed by atoms with van der Waals surface area (Å²) < 4.78 is 0. The highest BCUT2D eigenvalue weighted by Crippen LogP contribution is 2.07. The highest BCUT2D eigenvalue weighted by Gasteiger charge is 2.08. The molecule has 1 aromatic rings. The zero-order valence-electron chi connectivity index (χ0n) is 11.7. The van der Waals surface area contributed by atoms with E-state index in [0.717, 1.165) is 19.6 Å². The molecule has 0 unspecified atom stereocenters. The largest absolute Gasteiger partial charge is 0.314 e. The fourth-order valence-electron chi connectivity index (χ4n) is 2.40. The molecule has 1 aromatic carbocycles. The average Bonchev–Trinajstić information content (AvgIpc) is 2.38. The van der Waals surface area contributed by atoms with Gasteiger partial charge in [-0.2, -0.15) is 0 Å². The number of nitrogens with one attached hydrogen (secondary N) is 1. The molecule has 100 valence electrons. The van der Waals surface area contributed by atoms with Gasteiger partial charge in [-0.25, -0.2) is 0 Å². The van der Waals surface area contributed by atoms with Crippen molar-refractivity contribution in [3.63, 3.8) is 0 Å². The van der Waals surface area contributed by atoms with E-state index in [1.807, 2.05) is 0 Å². The summed E-state index contributed by atoms with van der Waals surface area (Å²) in [4.78, 5) is 4.75. The van der Waals surface area contributed by atoms with E-state index >= 15 is 0 Å². The van der Waals surface area contributed by atoms with E-state index in [4.69, 9.17) is 0 Å². The van der Waals surface area contributed by atoms with Crippen LogP contribution < -0.4 is 5.32 Å². The van der Waals surface area contributed by atoms with Crippen LogP contribution in [-0.2, 0) is 13.0 Å². The predicted molar refractivity (Wildman–Crippen MR) is 76.8 cm³/mol. The Bertz CT molecular complexity index is 339. The monoisotopic (exact) mass is 247 g/mol. The molecule has 0 atom stereocenters. The molecule has 1 aliphatic heterocycles. The standard InChI is InChI=1S/C15H25N3/c1-17(2)13-15-5-3-14(4-6-15)7-10-18-11-8-16-9-12-18/h3-6,16H,7-13H2,1-2H3. The lowest BCUT2D eigenvalue weighted by molar-refractivity contribution is 0.244. The van der Waals surface area contributed by atoms with E-state index in [1.54, 1.807) is 0 Å². The van der Waals surface area contributed by atoms with Crippen molar-refractivity contribution in [2.75, 3.05) is 46.8 Å². The van der Waals surface area contributed by atoms with Gasteiger partial charge in [-0.15, -0.1) is 0 Å². The molecule has 1 heterocycles. The van der Waals surface area contributed by atoms with Gasteiger partial charge < -0.3 is 15.1 Å². The SMILES string of the molecule is CN(C)Cc1ccc(CCN2CCNCC2)cc1. The fraction of sp³-hybridized carbons (Fsp3) is 0.600. The van der Waals surface area contributed by atoms with Crippen LogP contribution in [-0.4, -0.2) is 56.6 Å². The van der Waals surface area contributed by atoms with Gasteiger partial charge in [0.2, 0.25) is 0 Å². The van der Waals surface area contributed by atoms with Crippen LogP contribution in [0.5, 0.6) is 0 Å². The maximum Gasteiger partial charge on any atom is 0.0227 e. The molecule has 0 aromatic heterocycles. The summed E-state index contributed by atoms with van der Waals surface area (Å²) in [5.41, 5.74) is 2.85. The van der Waals surface area contributed by atoms with Gasteiger partial charge in [0.05, 0.1) is 0 Å². The summed E-state index contributed by atoms with van der Waals surface area (Å²) in [5.74, 6) is 0. The zero-order chi connectivity index (χ0) is 12.8. The van der Waals surface area contributed by atoms with Crippen molar-refractivity contribution >= 4 is 0 Å². The fourth-order valence-corrected chi connectivity index (χ4v) is 2.40. The van der Waals surface area contributed by atoms with E-state index in [9.17, 15) is 0 Å². The van der Waals surface area contributed by atoms with Crippen molar-refractivity contribution in [3.8, 4) is 0 Å². The maximum atomic E-state index is 3.39. The third-order valence-corrected chi connectivity index (χ3v) is 3.45. The Labute approximate surface area is 111 Å². The average molecular weight is 247 g/mol. The van der Waals surface area contributed by atoms with Gasteiger partial charge in [0.15, 0.2) is 0 Å². The molecule has 1 aliphatic rings. The lowest BCUT2D eigenvalue weighted by Gasteiger charge is -2.27. The summed E-state index contributed by atoms with van der Waals surface area (Å²) in [5, 5.41) is 3.39. The molecule has 0 aliphatic carbocycles. The van der Waals surface area contributed by atoms with E-state index in [0.29, 0.717) is 0 Å². The molecule has 0 spiro atoms. The molecule has 2 rings (SSSR count). The molecule has 1 saturated heterocycles. The first-order valence-corrected chi connectivity index (χ1v) is 6.89. The normalized spacial score (nSPS) is 17.3. The van der Waals surface area contributed by atoms with Crippen LogP contribution in [0.1, 0.15) is 11.1 Å². The number of nitrogens with zero attached hydrogens (tertiary/aromatic N) is 2. The minimum absolute atomic E-state index is 1.03. The molecular formula is C15H25N3. The molecule has 0 radical (unpaired) electrons. The molecule has 1 N–H and O–H groups in total. The van der Waals surface area contributed by atoms with Crippen LogP contribution in [0.25, 0.3) is 0 Å². The van der Waals surface area contributed by atoms with E-state index in [1.165, 1.54) is 37.2 Å². The Morgan fingerprint density at radius 1 is 1.06 bits per heavy atom. The van der Waals surface area contributed by atoms with Crippen molar-refractivity contribution in [3.05, 3.63) is 35.4 Å². The molecule has 18 heavy (non-hydrogen) atoms. The number of rotatable bonds is 5. The van der Waals surface area contributed by atoms with Crippen LogP contribution in [0, 0.1) is 0 Å². The second-order valence-electron chi connectivity index (χ2n) is 5.40. The van der Waals surface area contributed by atoms with Crippen molar-refractivity contribution in [1.82, 2.24) is 15.1 Å². The topological polar surface area (TPSA) is 18.5 Å². The van der Waals surface area contributed by atoms with Gasteiger partial charge in [0, 0.05) is 39.3 Å². The Hall–Kier alpha value is -0.900. The predicted octanol–water partition coefficient (Wildman–Crippen LogP) is 1.20. The quantitative estimate of drug-likeness (QED) is 0.843. The van der Waals surface area contributed by atoms with Gasteiger partial charge in [0.1, 0.15) is 0 Å². The Morgan fingerprint density at radius 2 is 1.67 bits per heavy atom. The molecule has 0 bridgehead atoms. The van der Waals surface area contributed by atoms with Gasteiger partial charge >= 0.3 is 0 Å². The minimum Gasteiger partial charge on any atom is -0.314 e. The maximum absolute atomic E-state index is 3.39. The molecule has 1 fully saturated rings.